The van der Waals surface area contributed by atoms with Crippen LogP contribution in [0.5, 0.6) is 0 Å². The van der Waals surface area contributed by atoms with Crippen LogP contribution in [0.15, 0.2) is 0 Å². The zero-order valence-corrected chi connectivity index (χ0v) is 17.5. The third-order valence-electron chi connectivity index (χ3n) is 6.23. The van der Waals surface area contributed by atoms with Crippen molar-refractivity contribution >= 4 is 35.7 Å². The number of esters is 1. The number of thioether (sulfide) groups is 1. The molecular weight excluding hydrogens is 396 g/mol. The Hall–Kier alpha value is -1.97. The smallest absolute Gasteiger partial charge is 0.329 e. The third kappa shape index (κ3) is 5.77. The van der Waals surface area contributed by atoms with Crippen LogP contribution >= 0.6 is 11.8 Å². The summed E-state index contributed by atoms with van der Waals surface area (Å²) in [5, 5.41) is 7.59. The zero-order valence-electron chi connectivity index (χ0n) is 16.7. The third-order valence-corrected chi connectivity index (χ3v) is 6.87. The van der Waals surface area contributed by atoms with Crippen LogP contribution < -0.4 is 21.7 Å². The van der Waals surface area contributed by atoms with E-state index in [2.05, 4.69) is 16.0 Å². The number of hydrogen-bond acceptors (Lipinski definition) is 6. The number of hydrogen-bond donors (Lipinski definition) is 4. The molecule has 4 bridgehead atoms. The van der Waals surface area contributed by atoms with Gasteiger partial charge in [0.15, 0.2) is 6.61 Å². The Morgan fingerprint density at radius 1 is 1.10 bits per heavy atom. The molecule has 4 fully saturated rings. The number of ether oxygens (including phenoxy) is 1. The fraction of sp³-hybridized carbons (Fsp3) is 0.789. The van der Waals surface area contributed by atoms with Gasteiger partial charge in [0.25, 0.3) is 5.91 Å². The quantitative estimate of drug-likeness (QED) is 0.429. The number of amides is 5. The van der Waals surface area contributed by atoms with Gasteiger partial charge in [-0.2, -0.15) is 11.8 Å². The molecule has 4 rings (SSSR count). The van der Waals surface area contributed by atoms with Gasteiger partial charge in [-0.15, -0.1) is 0 Å². The van der Waals surface area contributed by atoms with Crippen LogP contribution in [-0.2, 0) is 14.3 Å². The summed E-state index contributed by atoms with van der Waals surface area (Å²) in [6.45, 7) is -0.594. The van der Waals surface area contributed by atoms with E-state index in [1.54, 1.807) is 0 Å². The predicted octanol–water partition coefficient (Wildman–Crippen LogP) is 1.11. The van der Waals surface area contributed by atoms with Gasteiger partial charge in [-0.3, -0.25) is 10.1 Å². The standard InChI is InChI=1S/C19H30N4O5S/c1-29-3-2-14(21-17(20)26)16(25)28-10-15(24)22-18(27)23-19-7-11-4-12(8-19)6-13(5-11)9-19/h11-14H,2-10H2,1H3,(H3,20,21,26)(H2,22,23,24,27)/t11?,12?,13?,14-,19?/m1/s1. The van der Waals surface area contributed by atoms with Crippen LogP contribution in [0.25, 0.3) is 0 Å². The summed E-state index contributed by atoms with van der Waals surface area (Å²) in [5.74, 6) is 1.18. The van der Waals surface area contributed by atoms with Crippen LogP contribution in [0.4, 0.5) is 9.59 Å². The van der Waals surface area contributed by atoms with E-state index >= 15 is 0 Å². The van der Waals surface area contributed by atoms with Crippen molar-refractivity contribution in [3.63, 3.8) is 0 Å². The molecule has 0 aromatic heterocycles. The van der Waals surface area contributed by atoms with Gasteiger partial charge >= 0.3 is 18.0 Å². The van der Waals surface area contributed by atoms with Gasteiger partial charge in [-0.1, -0.05) is 0 Å². The van der Waals surface area contributed by atoms with E-state index in [0.29, 0.717) is 29.9 Å². The summed E-state index contributed by atoms with van der Waals surface area (Å²) < 4.78 is 4.95. The maximum Gasteiger partial charge on any atom is 0.329 e. The first-order chi connectivity index (χ1) is 13.8. The van der Waals surface area contributed by atoms with Gasteiger partial charge in [0.2, 0.25) is 0 Å². The van der Waals surface area contributed by atoms with Crippen molar-refractivity contribution < 1.29 is 23.9 Å². The number of carbonyl (C=O) groups excluding carboxylic acids is 4. The first-order valence-corrected chi connectivity index (χ1v) is 11.5. The molecule has 0 aromatic carbocycles. The lowest BCUT2D eigenvalue weighted by molar-refractivity contribution is -0.150. The maximum atomic E-state index is 12.3. The van der Waals surface area contributed by atoms with Crippen molar-refractivity contribution in [3.8, 4) is 0 Å². The molecule has 0 aromatic rings. The number of rotatable bonds is 8. The van der Waals surface area contributed by atoms with Crippen LogP contribution in [-0.4, -0.2) is 54.1 Å². The summed E-state index contributed by atoms with van der Waals surface area (Å²) in [6.07, 6.45) is 8.90. The zero-order chi connectivity index (χ0) is 21.0. The highest BCUT2D eigenvalue weighted by molar-refractivity contribution is 7.98. The van der Waals surface area contributed by atoms with Crippen molar-refractivity contribution in [1.29, 1.82) is 0 Å². The minimum atomic E-state index is -0.923. The van der Waals surface area contributed by atoms with Crippen molar-refractivity contribution in [2.24, 2.45) is 23.5 Å². The van der Waals surface area contributed by atoms with Gasteiger partial charge in [-0.05, 0) is 74.7 Å². The van der Waals surface area contributed by atoms with Gasteiger partial charge < -0.3 is 21.1 Å². The van der Waals surface area contributed by atoms with E-state index in [1.165, 1.54) is 31.0 Å². The van der Waals surface area contributed by atoms with Crippen molar-refractivity contribution in [2.45, 2.75) is 56.5 Å². The average molecular weight is 427 g/mol. The molecule has 162 valence electrons. The van der Waals surface area contributed by atoms with Crippen LogP contribution in [0.2, 0.25) is 0 Å². The van der Waals surface area contributed by atoms with Crippen molar-refractivity contribution in [2.75, 3.05) is 18.6 Å². The Kier molecular flexibility index (Phi) is 6.92. The Bertz CT molecular complexity index is 636. The normalized spacial score (nSPS) is 30.3. The van der Waals surface area contributed by atoms with E-state index < -0.39 is 36.6 Å². The fourth-order valence-electron chi connectivity index (χ4n) is 5.59. The average Bonchev–Trinajstić information content (AvgIpc) is 2.61. The van der Waals surface area contributed by atoms with Gasteiger partial charge in [0.1, 0.15) is 6.04 Å². The summed E-state index contributed by atoms with van der Waals surface area (Å²) in [4.78, 5) is 47.5. The topological polar surface area (TPSA) is 140 Å². The highest BCUT2D eigenvalue weighted by Crippen LogP contribution is 2.55. The van der Waals surface area contributed by atoms with Crippen LogP contribution in [0.3, 0.4) is 0 Å². The van der Waals surface area contributed by atoms with Crippen molar-refractivity contribution in [3.05, 3.63) is 0 Å². The van der Waals surface area contributed by atoms with Crippen LogP contribution in [0.1, 0.15) is 44.9 Å². The summed E-state index contributed by atoms with van der Waals surface area (Å²) in [6, 6.07) is -2.30. The lowest BCUT2D eigenvalue weighted by atomic mass is 9.53. The molecule has 9 nitrogen and oxygen atoms in total. The van der Waals surface area contributed by atoms with E-state index in [0.717, 1.165) is 19.3 Å². The summed E-state index contributed by atoms with van der Waals surface area (Å²) in [7, 11) is 0. The number of imide groups is 1. The van der Waals surface area contributed by atoms with Crippen molar-refractivity contribution in [1.82, 2.24) is 16.0 Å². The molecule has 0 radical (unpaired) electrons. The maximum absolute atomic E-state index is 12.3. The Morgan fingerprint density at radius 2 is 1.69 bits per heavy atom. The molecule has 4 aliphatic rings. The second kappa shape index (κ2) is 9.23. The minimum Gasteiger partial charge on any atom is -0.454 e. The van der Waals surface area contributed by atoms with E-state index in [4.69, 9.17) is 10.5 Å². The molecule has 0 aliphatic heterocycles. The molecule has 4 saturated carbocycles. The summed E-state index contributed by atoms with van der Waals surface area (Å²) >= 11 is 1.50. The van der Waals surface area contributed by atoms with E-state index in [9.17, 15) is 19.2 Å². The Balaban J connectivity index is 1.43. The Morgan fingerprint density at radius 3 is 2.21 bits per heavy atom. The first kappa shape index (κ1) is 21.7. The number of nitrogens with two attached hydrogens (primary N) is 1. The molecule has 0 saturated heterocycles. The molecule has 0 spiro atoms. The second-order valence-electron chi connectivity index (χ2n) is 8.65. The van der Waals surface area contributed by atoms with Crippen LogP contribution in [0, 0.1) is 17.8 Å². The fourth-order valence-corrected chi connectivity index (χ4v) is 6.06. The predicted molar refractivity (Wildman–Crippen MR) is 108 cm³/mol. The molecular formula is C19H30N4O5S. The minimum absolute atomic E-state index is 0.204. The molecule has 0 unspecified atom stereocenters. The highest BCUT2D eigenvalue weighted by Gasteiger charge is 2.51. The molecule has 10 heteroatoms. The molecule has 4 aliphatic carbocycles. The number of carbonyl (C=O) groups is 4. The van der Waals surface area contributed by atoms with E-state index in [-0.39, 0.29) is 5.54 Å². The molecule has 1 atom stereocenters. The Labute approximate surface area is 174 Å². The number of primary amides is 1. The van der Waals surface area contributed by atoms with Gasteiger partial charge in [0, 0.05) is 5.54 Å². The molecule has 5 amide bonds. The first-order valence-electron chi connectivity index (χ1n) is 10.1. The second-order valence-corrected chi connectivity index (χ2v) is 9.64. The SMILES string of the molecule is CSCC[C@@H](NC(N)=O)C(=O)OCC(=O)NC(=O)NC12CC3CC(CC(C3)C1)C2. The molecule has 5 N–H and O–H groups in total. The van der Waals surface area contributed by atoms with Gasteiger partial charge in [-0.25, -0.2) is 14.4 Å². The monoisotopic (exact) mass is 426 g/mol. The van der Waals surface area contributed by atoms with E-state index in [1.807, 2.05) is 6.26 Å². The number of nitrogens with one attached hydrogen (secondary N) is 3. The lowest BCUT2D eigenvalue weighted by Crippen LogP contribution is -2.62. The largest absolute Gasteiger partial charge is 0.454 e. The highest BCUT2D eigenvalue weighted by atomic mass is 32.2. The lowest BCUT2D eigenvalue weighted by Gasteiger charge is -2.56. The number of urea groups is 2. The summed E-state index contributed by atoms with van der Waals surface area (Å²) in [5.41, 5.74) is 4.87. The molecule has 29 heavy (non-hydrogen) atoms. The molecule has 0 heterocycles. The van der Waals surface area contributed by atoms with Gasteiger partial charge in [0.05, 0.1) is 0 Å².